The molecule has 0 fully saturated rings. The fourth-order valence-electron chi connectivity index (χ4n) is 1.72. The predicted octanol–water partition coefficient (Wildman–Crippen LogP) is 1.99. The second-order valence-electron chi connectivity index (χ2n) is 4.31. The fourth-order valence-corrected chi connectivity index (χ4v) is 4.36. The first-order valence-electron chi connectivity index (χ1n) is 5.74. The van der Waals surface area contributed by atoms with E-state index in [1.807, 2.05) is 0 Å². The molecule has 2 rings (SSSR count). The number of rotatable bonds is 4. The molecule has 5 nitrogen and oxygen atoms in total. The molecule has 0 aliphatic rings. The van der Waals surface area contributed by atoms with Crippen LogP contribution in [0.2, 0.25) is 0 Å². The minimum atomic E-state index is -3.64. The molecule has 8 heteroatoms. The first kappa shape index (κ1) is 14.9. The summed E-state index contributed by atoms with van der Waals surface area (Å²) in [5.41, 5.74) is 6.62. The molecule has 0 saturated heterocycles. The molecule has 2 N–H and O–H groups in total. The molecule has 0 bridgehead atoms. The number of nitrogens with two attached hydrogens (primary N) is 1. The molecule has 1 heterocycles. The molecule has 0 saturated carbocycles. The summed E-state index contributed by atoms with van der Waals surface area (Å²) in [6.07, 6.45) is 0. The SMILES string of the molecule is Cc1nc(N)sc1S(=O)(=O)N(C)Cc1ccc(F)cc1. The molecule has 1 aromatic carbocycles. The molecule has 0 amide bonds. The van der Waals surface area contributed by atoms with Crippen molar-refractivity contribution in [2.24, 2.45) is 0 Å². The van der Waals surface area contributed by atoms with Crippen LogP contribution in [0.5, 0.6) is 0 Å². The summed E-state index contributed by atoms with van der Waals surface area (Å²) in [5, 5.41) is 0.219. The van der Waals surface area contributed by atoms with Gasteiger partial charge in [0.15, 0.2) is 9.34 Å². The highest BCUT2D eigenvalue weighted by molar-refractivity contribution is 7.91. The van der Waals surface area contributed by atoms with E-state index in [0.29, 0.717) is 11.3 Å². The van der Waals surface area contributed by atoms with Crippen molar-refractivity contribution in [3.63, 3.8) is 0 Å². The van der Waals surface area contributed by atoms with E-state index in [4.69, 9.17) is 5.73 Å². The molecule has 0 unspecified atom stereocenters. The van der Waals surface area contributed by atoms with Gasteiger partial charge in [-0.15, -0.1) is 0 Å². The number of benzene rings is 1. The molecule has 0 aliphatic heterocycles. The van der Waals surface area contributed by atoms with Crippen LogP contribution in [0.25, 0.3) is 0 Å². The largest absolute Gasteiger partial charge is 0.375 e. The van der Waals surface area contributed by atoms with Crippen molar-refractivity contribution in [1.29, 1.82) is 0 Å². The summed E-state index contributed by atoms with van der Waals surface area (Å²) in [5.74, 6) is -0.356. The summed E-state index contributed by atoms with van der Waals surface area (Å²) < 4.78 is 39.0. The van der Waals surface area contributed by atoms with Crippen molar-refractivity contribution in [2.75, 3.05) is 12.8 Å². The monoisotopic (exact) mass is 315 g/mol. The van der Waals surface area contributed by atoms with Gasteiger partial charge >= 0.3 is 0 Å². The highest BCUT2D eigenvalue weighted by Gasteiger charge is 2.26. The third-order valence-electron chi connectivity index (χ3n) is 2.73. The van der Waals surface area contributed by atoms with Gasteiger partial charge in [-0.25, -0.2) is 17.8 Å². The normalized spacial score (nSPS) is 12.0. The van der Waals surface area contributed by atoms with E-state index < -0.39 is 10.0 Å². The minimum Gasteiger partial charge on any atom is -0.375 e. The standard InChI is InChI=1S/C12H14FN3O2S2/c1-8-11(19-12(14)15-8)20(17,18)16(2)7-9-3-5-10(13)6-4-9/h3-6H,7H2,1-2H3,(H2,14,15). The Hall–Kier alpha value is -1.51. The first-order valence-corrected chi connectivity index (χ1v) is 8.00. The fraction of sp³-hybridized carbons (Fsp3) is 0.250. The van der Waals surface area contributed by atoms with Gasteiger partial charge in [0.1, 0.15) is 5.82 Å². The number of hydrogen-bond donors (Lipinski definition) is 1. The van der Waals surface area contributed by atoms with Crippen LogP contribution in [0.4, 0.5) is 9.52 Å². The first-order chi connectivity index (χ1) is 9.30. The van der Waals surface area contributed by atoms with Crippen LogP contribution >= 0.6 is 11.3 Å². The smallest absolute Gasteiger partial charge is 0.254 e. The van der Waals surface area contributed by atoms with Crippen molar-refractivity contribution in [1.82, 2.24) is 9.29 Å². The quantitative estimate of drug-likeness (QED) is 0.936. The Morgan fingerprint density at radius 3 is 2.45 bits per heavy atom. The molecule has 20 heavy (non-hydrogen) atoms. The van der Waals surface area contributed by atoms with Gasteiger partial charge in [0.05, 0.1) is 5.69 Å². The van der Waals surface area contributed by atoms with Crippen LogP contribution in [0.15, 0.2) is 28.5 Å². The second kappa shape index (κ2) is 5.47. The number of halogens is 1. The number of sulfonamides is 1. The van der Waals surface area contributed by atoms with E-state index in [0.717, 1.165) is 11.3 Å². The van der Waals surface area contributed by atoms with Gasteiger partial charge in [-0.05, 0) is 24.6 Å². The number of nitrogen functional groups attached to an aromatic ring is 1. The number of thiazole rings is 1. The van der Waals surface area contributed by atoms with Crippen LogP contribution in [0.3, 0.4) is 0 Å². The molecule has 0 atom stereocenters. The lowest BCUT2D eigenvalue weighted by Gasteiger charge is -2.16. The van der Waals surface area contributed by atoms with E-state index in [9.17, 15) is 12.8 Å². The third kappa shape index (κ3) is 2.97. The van der Waals surface area contributed by atoms with Crippen LogP contribution < -0.4 is 5.73 Å². The van der Waals surface area contributed by atoms with Crippen LogP contribution in [0, 0.1) is 12.7 Å². The Labute approximate surface area is 120 Å². The lowest BCUT2D eigenvalue weighted by Crippen LogP contribution is -2.26. The maximum absolute atomic E-state index is 12.8. The maximum Gasteiger partial charge on any atom is 0.254 e. The third-order valence-corrected chi connectivity index (χ3v) is 6.11. The van der Waals surface area contributed by atoms with Gasteiger partial charge in [0.2, 0.25) is 0 Å². The van der Waals surface area contributed by atoms with Crippen LogP contribution in [-0.2, 0) is 16.6 Å². The van der Waals surface area contributed by atoms with Crippen molar-refractivity contribution in [3.8, 4) is 0 Å². The zero-order chi connectivity index (χ0) is 14.9. The number of aryl methyl sites for hydroxylation is 1. The van der Waals surface area contributed by atoms with Gasteiger partial charge in [0, 0.05) is 13.6 Å². The molecule has 0 radical (unpaired) electrons. The zero-order valence-corrected chi connectivity index (χ0v) is 12.6. The minimum absolute atomic E-state index is 0.139. The Morgan fingerprint density at radius 1 is 1.35 bits per heavy atom. The van der Waals surface area contributed by atoms with Crippen molar-refractivity contribution in [2.45, 2.75) is 17.7 Å². The topological polar surface area (TPSA) is 76.3 Å². The highest BCUT2D eigenvalue weighted by Crippen LogP contribution is 2.28. The second-order valence-corrected chi connectivity index (χ2v) is 7.58. The van der Waals surface area contributed by atoms with Crippen molar-refractivity contribution in [3.05, 3.63) is 41.3 Å². The van der Waals surface area contributed by atoms with E-state index in [1.54, 1.807) is 19.1 Å². The number of aromatic nitrogens is 1. The van der Waals surface area contributed by atoms with Gasteiger partial charge in [0.25, 0.3) is 10.0 Å². The van der Waals surface area contributed by atoms with E-state index in [1.165, 1.54) is 23.5 Å². The maximum atomic E-state index is 12.8. The number of hydrogen-bond acceptors (Lipinski definition) is 5. The Kier molecular flexibility index (Phi) is 4.07. The predicted molar refractivity (Wildman–Crippen MR) is 76.3 cm³/mol. The summed E-state index contributed by atoms with van der Waals surface area (Å²) in [7, 11) is -2.18. The van der Waals surface area contributed by atoms with Gasteiger partial charge in [-0.2, -0.15) is 4.31 Å². The molecular weight excluding hydrogens is 301 g/mol. The Balaban J connectivity index is 2.25. The lowest BCUT2D eigenvalue weighted by atomic mass is 10.2. The number of anilines is 1. The highest BCUT2D eigenvalue weighted by atomic mass is 32.2. The van der Waals surface area contributed by atoms with Crippen LogP contribution in [-0.4, -0.2) is 24.8 Å². The summed E-state index contributed by atoms with van der Waals surface area (Å²) in [6, 6.07) is 5.70. The van der Waals surface area contributed by atoms with E-state index >= 15 is 0 Å². The summed E-state index contributed by atoms with van der Waals surface area (Å²) >= 11 is 0.940. The molecule has 108 valence electrons. The Morgan fingerprint density at radius 2 is 1.95 bits per heavy atom. The molecule has 0 aliphatic carbocycles. The van der Waals surface area contributed by atoms with E-state index in [-0.39, 0.29) is 21.7 Å². The van der Waals surface area contributed by atoms with Gasteiger partial charge < -0.3 is 5.73 Å². The van der Waals surface area contributed by atoms with Gasteiger partial charge in [-0.1, -0.05) is 23.5 Å². The van der Waals surface area contributed by atoms with Gasteiger partial charge in [-0.3, -0.25) is 0 Å². The van der Waals surface area contributed by atoms with Crippen molar-refractivity contribution < 1.29 is 12.8 Å². The molecule has 1 aromatic heterocycles. The Bertz CT molecular complexity index is 711. The summed E-state index contributed by atoms with van der Waals surface area (Å²) in [6.45, 7) is 1.76. The molecular formula is C12H14FN3O2S2. The van der Waals surface area contributed by atoms with Crippen LogP contribution in [0.1, 0.15) is 11.3 Å². The van der Waals surface area contributed by atoms with E-state index in [2.05, 4.69) is 4.98 Å². The van der Waals surface area contributed by atoms with Crippen molar-refractivity contribution >= 4 is 26.5 Å². The summed E-state index contributed by atoms with van der Waals surface area (Å²) in [4.78, 5) is 3.92. The zero-order valence-electron chi connectivity index (χ0n) is 11.0. The number of nitrogens with zero attached hydrogens (tertiary/aromatic N) is 2. The lowest BCUT2D eigenvalue weighted by molar-refractivity contribution is 0.467. The molecule has 0 spiro atoms. The average molecular weight is 315 g/mol. The average Bonchev–Trinajstić information content (AvgIpc) is 2.72. The molecule has 2 aromatic rings.